The zero-order valence-corrected chi connectivity index (χ0v) is 40.3. The number of hydrogen-bond acceptors (Lipinski definition) is 11. The Morgan fingerprint density at radius 2 is 0.823 bits per heavy atom. The van der Waals surface area contributed by atoms with Crippen molar-refractivity contribution in [3.8, 4) is 0 Å². The summed E-state index contributed by atoms with van der Waals surface area (Å²) in [6.45, 7) is 3.79. The SMILES string of the molecule is CCCCCCCCCCCCCCCCCCCCCCCCCC(=O)OC(COC(=O)CCCCCCCCCCCCC)COC1OC(CS(=O)(=O)O)C(O)C(O)C1O. The van der Waals surface area contributed by atoms with Crippen molar-refractivity contribution in [2.75, 3.05) is 19.0 Å². The maximum Gasteiger partial charge on any atom is 0.306 e. The standard InChI is InChI=1S/C49H94O12S/c1-3-5-7-9-11-13-15-16-17-18-19-20-21-22-23-24-25-26-28-30-32-34-36-38-45(51)60-42(39-58-44(50)37-35-33-31-29-27-14-12-10-8-6-4-2)40-59-49-48(54)47(53)46(52)43(61-49)41-62(55,56)57/h42-43,46-49,52-54H,3-41H2,1-2H3,(H,55,56,57). The minimum Gasteiger partial charge on any atom is -0.462 e. The molecule has 13 heteroatoms. The Kier molecular flexibility index (Phi) is 37.8. The van der Waals surface area contributed by atoms with E-state index in [9.17, 15) is 37.9 Å². The number of hydrogen-bond donors (Lipinski definition) is 4. The highest BCUT2D eigenvalue weighted by Gasteiger charge is 2.46. The Morgan fingerprint density at radius 1 is 0.484 bits per heavy atom. The number of unbranched alkanes of at least 4 members (excludes halogenated alkanes) is 32. The van der Waals surface area contributed by atoms with Gasteiger partial charge in [0.05, 0.1) is 6.61 Å². The van der Waals surface area contributed by atoms with E-state index in [0.717, 1.165) is 38.5 Å². The summed E-state index contributed by atoms with van der Waals surface area (Å²) in [5, 5.41) is 30.9. The van der Waals surface area contributed by atoms with Gasteiger partial charge in [0.2, 0.25) is 0 Å². The summed E-state index contributed by atoms with van der Waals surface area (Å²) in [5.74, 6) is -1.96. The average molecular weight is 907 g/mol. The van der Waals surface area contributed by atoms with Gasteiger partial charge in [-0.15, -0.1) is 0 Å². The van der Waals surface area contributed by atoms with Crippen LogP contribution in [0.15, 0.2) is 0 Å². The maximum atomic E-state index is 12.9. The van der Waals surface area contributed by atoms with E-state index in [1.165, 1.54) is 167 Å². The van der Waals surface area contributed by atoms with E-state index in [-0.39, 0.29) is 19.4 Å². The molecule has 1 aliphatic heterocycles. The van der Waals surface area contributed by atoms with Crippen LogP contribution in [0.3, 0.4) is 0 Å². The van der Waals surface area contributed by atoms with E-state index < -0.39 is 71.2 Å². The number of ether oxygens (including phenoxy) is 4. The van der Waals surface area contributed by atoms with Gasteiger partial charge >= 0.3 is 11.9 Å². The summed E-state index contributed by atoms with van der Waals surface area (Å²) in [4.78, 5) is 25.4. The number of aliphatic hydroxyl groups excluding tert-OH is 3. The summed E-state index contributed by atoms with van der Waals surface area (Å²) >= 11 is 0. The van der Waals surface area contributed by atoms with Gasteiger partial charge in [-0.3, -0.25) is 14.1 Å². The highest BCUT2D eigenvalue weighted by molar-refractivity contribution is 7.85. The first-order valence-corrected chi connectivity index (χ1v) is 27.2. The molecule has 1 fully saturated rings. The zero-order chi connectivity index (χ0) is 45.5. The first-order valence-electron chi connectivity index (χ1n) is 25.6. The van der Waals surface area contributed by atoms with Gasteiger partial charge in [-0.2, -0.15) is 8.42 Å². The van der Waals surface area contributed by atoms with Gasteiger partial charge in [-0.05, 0) is 12.8 Å². The topological polar surface area (TPSA) is 186 Å². The van der Waals surface area contributed by atoms with Crippen LogP contribution < -0.4 is 0 Å². The molecule has 1 heterocycles. The molecule has 0 spiro atoms. The van der Waals surface area contributed by atoms with E-state index in [2.05, 4.69) is 13.8 Å². The molecule has 0 saturated carbocycles. The lowest BCUT2D eigenvalue weighted by Crippen LogP contribution is -2.60. The van der Waals surface area contributed by atoms with Crippen molar-refractivity contribution in [3.05, 3.63) is 0 Å². The number of esters is 2. The summed E-state index contributed by atoms with van der Waals surface area (Å²) in [6, 6.07) is 0. The predicted molar refractivity (Wildman–Crippen MR) is 247 cm³/mol. The number of carbonyl (C=O) groups excluding carboxylic acids is 2. The van der Waals surface area contributed by atoms with Gasteiger partial charge < -0.3 is 34.3 Å². The molecule has 0 aromatic rings. The molecule has 0 aliphatic carbocycles. The molecular weight excluding hydrogens is 813 g/mol. The van der Waals surface area contributed by atoms with E-state index in [1.807, 2.05) is 0 Å². The normalized spacial score (nSPS) is 19.7. The van der Waals surface area contributed by atoms with Gasteiger partial charge in [0, 0.05) is 12.8 Å². The first-order chi connectivity index (χ1) is 30.0. The van der Waals surface area contributed by atoms with Crippen LogP contribution in [-0.4, -0.2) is 96.0 Å². The molecule has 1 saturated heterocycles. The Balaban J connectivity index is 2.30. The fraction of sp³-hybridized carbons (Fsp3) is 0.959. The van der Waals surface area contributed by atoms with Crippen molar-refractivity contribution >= 4 is 22.1 Å². The summed E-state index contributed by atoms with van der Waals surface area (Å²) < 4.78 is 54.2. The lowest BCUT2D eigenvalue weighted by atomic mass is 10.00. The smallest absolute Gasteiger partial charge is 0.306 e. The molecule has 0 amide bonds. The highest BCUT2D eigenvalue weighted by Crippen LogP contribution is 2.24. The number of rotatable bonds is 44. The molecular formula is C49H94O12S. The third-order valence-electron chi connectivity index (χ3n) is 12.2. The van der Waals surface area contributed by atoms with Crippen LogP contribution in [0.25, 0.3) is 0 Å². The molecule has 62 heavy (non-hydrogen) atoms. The van der Waals surface area contributed by atoms with Crippen molar-refractivity contribution in [2.45, 2.75) is 282 Å². The molecule has 1 rings (SSSR count). The minimum absolute atomic E-state index is 0.173. The molecule has 0 radical (unpaired) electrons. The average Bonchev–Trinajstić information content (AvgIpc) is 3.24. The lowest BCUT2D eigenvalue weighted by molar-refractivity contribution is -0.297. The summed E-state index contributed by atoms with van der Waals surface area (Å²) in [6.07, 6.45) is 33.0. The van der Waals surface area contributed by atoms with Gasteiger partial charge in [0.15, 0.2) is 12.4 Å². The Labute approximate surface area is 378 Å². The van der Waals surface area contributed by atoms with Crippen LogP contribution in [0.2, 0.25) is 0 Å². The van der Waals surface area contributed by atoms with Crippen LogP contribution in [-0.2, 0) is 38.7 Å². The van der Waals surface area contributed by atoms with Gasteiger partial charge in [-0.1, -0.05) is 219 Å². The zero-order valence-electron chi connectivity index (χ0n) is 39.5. The minimum atomic E-state index is -4.60. The molecule has 0 bridgehead atoms. The number of aliphatic hydroxyl groups is 3. The summed E-state index contributed by atoms with van der Waals surface area (Å²) in [7, 11) is -4.60. The van der Waals surface area contributed by atoms with Crippen molar-refractivity contribution < 1.29 is 56.8 Å². The molecule has 12 nitrogen and oxygen atoms in total. The number of carbonyl (C=O) groups is 2. The van der Waals surface area contributed by atoms with Gasteiger partial charge in [0.1, 0.15) is 36.8 Å². The highest BCUT2D eigenvalue weighted by atomic mass is 32.2. The van der Waals surface area contributed by atoms with E-state index in [1.54, 1.807) is 0 Å². The van der Waals surface area contributed by atoms with E-state index in [0.29, 0.717) is 12.8 Å². The molecule has 1 aliphatic rings. The van der Waals surface area contributed by atoms with Gasteiger partial charge in [-0.25, -0.2) is 0 Å². The lowest BCUT2D eigenvalue weighted by Gasteiger charge is -2.40. The van der Waals surface area contributed by atoms with Gasteiger partial charge in [0.25, 0.3) is 10.1 Å². The third-order valence-corrected chi connectivity index (χ3v) is 12.9. The van der Waals surface area contributed by atoms with Crippen molar-refractivity contribution in [2.24, 2.45) is 0 Å². The molecule has 368 valence electrons. The molecule has 6 unspecified atom stereocenters. The quantitative estimate of drug-likeness (QED) is 0.0258. The van der Waals surface area contributed by atoms with Crippen LogP contribution >= 0.6 is 0 Å². The monoisotopic (exact) mass is 907 g/mol. The van der Waals surface area contributed by atoms with E-state index >= 15 is 0 Å². The Hall–Kier alpha value is -1.35. The first kappa shape index (κ1) is 58.7. The second-order valence-electron chi connectivity index (χ2n) is 18.2. The van der Waals surface area contributed by atoms with Crippen molar-refractivity contribution in [1.29, 1.82) is 0 Å². The van der Waals surface area contributed by atoms with Crippen LogP contribution in [0, 0.1) is 0 Å². The second-order valence-corrected chi connectivity index (χ2v) is 19.7. The van der Waals surface area contributed by atoms with Crippen molar-refractivity contribution in [1.82, 2.24) is 0 Å². The fourth-order valence-electron chi connectivity index (χ4n) is 8.21. The van der Waals surface area contributed by atoms with Crippen LogP contribution in [0.4, 0.5) is 0 Å². The molecule has 4 N–H and O–H groups in total. The third kappa shape index (κ3) is 34.1. The second kappa shape index (κ2) is 40.0. The molecule has 0 aromatic carbocycles. The largest absolute Gasteiger partial charge is 0.462 e. The Morgan fingerprint density at radius 3 is 1.18 bits per heavy atom. The summed E-state index contributed by atoms with van der Waals surface area (Å²) in [5.41, 5.74) is 0. The van der Waals surface area contributed by atoms with Crippen LogP contribution in [0.5, 0.6) is 0 Å². The maximum absolute atomic E-state index is 12.9. The van der Waals surface area contributed by atoms with E-state index in [4.69, 9.17) is 18.9 Å². The predicted octanol–water partition coefficient (Wildman–Crippen LogP) is 11.2. The fourth-order valence-corrected chi connectivity index (χ4v) is 8.90. The molecule has 6 atom stereocenters. The van der Waals surface area contributed by atoms with Crippen LogP contribution in [0.1, 0.15) is 245 Å². The van der Waals surface area contributed by atoms with Crippen molar-refractivity contribution in [3.63, 3.8) is 0 Å². The Bertz CT molecular complexity index is 1150. The molecule has 0 aromatic heterocycles.